The molecule has 0 aromatic carbocycles. The molecule has 0 aromatic rings. The van der Waals surface area contributed by atoms with E-state index in [9.17, 15) is 8.78 Å². The second-order valence-electron chi connectivity index (χ2n) is 2.02. The molecule has 4 heteroatoms. The van der Waals surface area contributed by atoms with E-state index >= 15 is 0 Å². The van der Waals surface area contributed by atoms with Crippen LogP contribution >= 0.6 is 27.7 Å². The van der Waals surface area contributed by atoms with E-state index in [4.69, 9.17) is 0 Å². The van der Waals surface area contributed by atoms with Gasteiger partial charge in [0.15, 0.2) is 0 Å². The maximum absolute atomic E-state index is 12.1. The SMILES string of the molecule is CCCSCC=CC(F)(F)Br. The zero-order chi connectivity index (χ0) is 8.74. The van der Waals surface area contributed by atoms with E-state index in [-0.39, 0.29) is 0 Å². The molecule has 0 N–H and O–H groups in total. The predicted molar refractivity (Wildman–Crippen MR) is 50.6 cm³/mol. The van der Waals surface area contributed by atoms with E-state index in [1.54, 1.807) is 11.8 Å². The lowest BCUT2D eigenvalue weighted by Gasteiger charge is -1.98. The number of rotatable bonds is 5. The Hall–Kier alpha value is 0.430. The van der Waals surface area contributed by atoms with Gasteiger partial charge in [-0.3, -0.25) is 0 Å². The van der Waals surface area contributed by atoms with E-state index in [0.717, 1.165) is 18.2 Å². The molecule has 0 unspecified atom stereocenters. The smallest absolute Gasteiger partial charge is 0.189 e. The van der Waals surface area contributed by atoms with Crippen LogP contribution < -0.4 is 0 Å². The lowest BCUT2D eigenvalue weighted by molar-refractivity contribution is 0.171. The number of allylic oxidation sites excluding steroid dienone is 1. The second kappa shape index (κ2) is 6.00. The van der Waals surface area contributed by atoms with Crippen molar-refractivity contribution < 1.29 is 8.78 Å². The average Bonchev–Trinajstić information content (AvgIpc) is 1.85. The van der Waals surface area contributed by atoms with Gasteiger partial charge in [0, 0.05) is 5.75 Å². The molecule has 66 valence electrons. The molecule has 0 atom stereocenters. The Morgan fingerprint density at radius 3 is 2.64 bits per heavy atom. The number of hydrogen-bond acceptors (Lipinski definition) is 1. The number of hydrogen-bond donors (Lipinski definition) is 0. The van der Waals surface area contributed by atoms with Gasteiger partial charge in [-0.15, -0.1) is 0 Å². The van der Waals surface area contributed by atoms with Crippen LogP contribution in [0.25, 0.3) is 0 Å². The maximum atomic E-state index is 12.1. The Labute approximate surface area is 78.6 Å². The second-order valence-corrected chi connectivity index (χ2v) is 4.23. The Morgan fingerprint density at radius 2 is 2.18 bits per heavy atom. The fourth-order valence-electron chi connectivity index (χ4n) is 0.477. The molecule has 0 nitrogen and oxygen atoms in total. The molecule has 0 fully saturated rings. The standard InChI is InChI=1S/C7H11BrF2S/c1-2-5-11-6-3-4-7(8,9)10/h3-4H,2,5-6H2,1H3. The van der Waals surface area contributed by atoms with Gasteiger partial charge in [0.25, 0.3) is 0 Å². The summed E-state index contributed by atoms with van der Waals surface area (Å²) < 4.78 is 24.1. The van der Waals surface area contributed by atoms with Crippen molar-refractivity contribution in [2.75, 3.05) is 11.5 Å². The Bertz CT molecular complexity index is 120. The van der Waals surface area contributed by atoms with Gasteiger partial charge in [0.1, 0.15) is 0 Å². The molecule has 0 aliphatic rings. The van der Waals surface area contributed by atoms with Crippen LogP contribution in [-0.4, -0.2) is 16.3 Å². The van der Waals surface area contributed by atoms with Gasteiger partial charge in [0.2, 0.25) is 0 Å². The van der Waals surface area contributed by atoms with Crippen LogP contribution in [-0.2, 0) is 0 Å². The molecule has 0 spiro atoms. The van der Waals surface area contributed by atoms with Crippen molar-refractivity contribution in [3.8, 4) is 0 Å². The summed E-state index contributed by atoms with van der Waals surface area (Å²) in [5.74, 6) is 1.69. The highest BCUT2D eigenvalue weighted by Crippen LogP contribution is 2.22. The summed E-state index contributed by atoms with van der Waals surface area (Å²) >= 11 is 3.87. The minimum atomic E-state index is -2.83. The van der Waals surface area contributed by atoms with Gasteiger partial charge in [0.05, 0.1) is 0 Å². The molecule has 0 saturated carbocycles. The third kappa shape index (κ3) is 10.4. The van der Waals surface area contributed by atoms with Crippen LogP contribution in [0.3, 0.4) is 0 Å². The lowest BCUT2D eigenvalue weighted by Crippen LogP contribution is -1.97. The zero-order valence-corrected chi connectivity index (χ0v) is 8.72. The monoisotopic (exact) mass is 244 g/mol. The largest absolute Gasteiger partial charge is 0.319 e. The first-order valence-corrected chi connectivity index (χ1v) is 5.33. The first-order chi connectivity index (χ1) is 5.06. The minimum absolute atomic E-state index is 0.662. The molecule has 0 radical (unpaired) electrons. The summed E-state index contributed by atoms with van der Waals surface area (Å²) in [4.78, 5) is -2.83. The summed E-state index contributed by atoms with van der Waals surface area (Å²) in [7, 11) is 0. The van der Waals surface area contributed by atoms with E-state index in [2.05, 4.69) is 22.9 Å². The molecule has 0 heterocycles. The Balaban J connectivity index is 3.30. The quantitative estimate of drug-likeness (QED) is 0.404. The lowest BCUT2D eigenvalue weighted by atomic mass is 10.5. The highest BCUT2D eigenvalue weighted by Gasteiger charge is 2.17. The van der Waals surface area contributed by atoms with Crippen LogP contribution in [0.4, 0.5) is 8.78 Å². The normalized spacial score (nSPS) is 12.7. The minimum Gasteiger partial charge on any atom is -0.189 e. The van der Waals surface area contributed by atoms with Crippen molar-refractivity contribution in [3.63, 3.8) is 0 Å². The van der Waals surface area contributed by atoms with Gasteiger partial charge in [-0.05, 0) is 34.2 Å². The Morgan fingerprint density at radius 1 is 1.55 bits per heavy atom. The summed E-state index contributed by atoms with van der Waals surface area (Å²) in [5.41, 5.74) is 0. The van der Waals surface area contributed by atoms with Crippen LogP contribution in [0.2, 0.25) is 0 Å². The van der Waals surface area contributed by atoms with Crippen LogP contribution in [0, 0.1) is 0 Å². The van der Waals surface area contributed by atoms with Crippen molar-refractivity contribution in [2.45, 2.75) is 18.2 Å². The molecular weight excluding hydrogens is 234 g/mol. The molecule has 0 aromatic heterocycles. The number of thioether (sulfide) groups is 1. The molecule has 0 aliphatic carbocycles. The summed E-state index contributed by atoms with van der Waals surface area (Å²) in [6.45, 7) is 2.07. The van der Waals surface area contributed by atoms with E-state index < -0.39 is 4.83 Å². The van der Waals surface area contributed by atoms with Crippen molar-refractivity contribution in [3.05, 3.63) is 12.2 Å². The zero-order valence-electron chi connectivity index (χ0n) is 6.32. The number of alkyl halides is 3. The van der Waals surface area contributed by atoms with Crippen molar-refractivity contribution in [2.24, 2.45) is 0 Å². The highest BCUT2D eigenvalue weighted by atomic mass is 79.9. The average molecular weight is 245 g/mol. The first-order valence-electron chi connectivity index (χ1n) is 3.38. The van der Waals surface area contributed by atoms with E-state index in [1.807, 2.05) is 0 Å². The molecule has 0 rings (SSSR count). The third-order valence-electron chi connectivity index (χ3n) is 0.869. The predicted octanol–water partition coefficient (Wildman–Crippen LogP) is 3.67. The van der Waals surface area contributed by atoms with Gasteiger partial charge in [-0.1, -0.05) is 13.0 Å². The molecule has 0 bridgehead atoms. The Kier molecular flexibility index (Phi) is 6.24. The number of halogens is 3. The summed E-state index contributed by atoms with van der Waals surface area (Å²) in [6.07, 6.45) is 3.44. The molecule has 0 saturated heterocycles. The molecule has 0 aliphatic heterocycles. The van der Waals surface area contributed by atoms with E-state index in [1.165, 1.54) is 6.08 Å². The summed E-state index contributed by atoms with van der Waals surface area (Å²) in [6, 6.07) is 0. The fraction of sp³-hybridized carbons (Fsp3) is 0.714. The summed E-state index contributed by atoms with van der Waals surface area (Å²) in [5, 5.41) is 0. The van der Waals surface area contributed by atoms with E-state index in [0.29, 0.717) is 5.75 Å². The van der Waals surface area contributed by atoms with Gasteiger partial charge in [-0.2, -0.15) is 20.5 Å². The van der Waals surface area contributed by atoms with Crippen LogP contribution in [0.1, 0.15) is 13.3 Å². The van der Waals surface area contributed by atoms with Crippen LogP contribution in [0.5, 0.6) is 0 Å². The van der Waals surface area contributed by atoms with Crippen molar-refractivity contribution in [1.82, 2.24) is 0 Å². The topological polar surface area (TPSA) is 0 Å². The molecular formula is C7H11BrF2S. The van der Waals surface area contributed by atoms with Gasteiger partial charge >= 0.3 is 4.83 Å². The van der Waals surface area contributed by atoms with Crippen LogP contribution in [0.15, 0.2) is 12.2 Å². The fourth-order valence-corrected chi connectivity index (χ4v) is 1.35. The molecule has 11 heavy (non-hydrogen) atoms. The van der Waals surface area contributed by atoms with Crippen molar-refractivity contribution >= 4 is 27.7 Å². The first kappa shape index (κ1) is 11.4. The maximum Gasteiger partial charge on any atom is 0.319 e. The van der Waals surface area contributed by atoms with Crippen molar-refractivity contribution in [1.29, 1.82) is 0 Å². The molecule has 0 amide bonds. The third-order valence-corrected chi connectivity index (χ3v) is 2.26. The van der Waals surface area contributed by atoms with Gasteiger partial charge in [-0.25, -0.2) is 0 Å². The van der Waals surface area contributed by atoms with Gasteiger partial charge < -0.3 is 0 Å². The highest BCUT2D eigenvalue weighted by molar-refractivity contribution is 9.10.